The van der Waals surface area contributed by atoms with Crippen molar-refractivity contribution in [2.45, 2.75) is 39.0 Å². The summed E-state index contributed by atoms with van der Waals surface area (Å²) in [5.74, 6) is 0. The summed E-state index contributed by atoms with van der Waals surface area (Å²) < 4.78 is 10.1. The minimum absolute atomic E-state index is 0.287. The van der Waals surface area contributed by atoms with Gasteiger partial charge in [-0.25, -0.2) is 4.63 Å². The molecule has 5 heteroatoms. The third-order valence-corrected chi connectivity index (χ3v) is 2.65. The van der Waals surface area contributed by atoms with E-state index in [0.717, 1.165) is 24.4 Å². The Morgan fingerprint density at radius 3 is 2.93 bits per heavy atom. The molecule has 0 aliphatic carbocycles. The maximum absolute atomic E-state index is 5.44. The van der Waals surface area contributed by atoms with E-state index < -0.39 is 0 Å². The maximum Gasteiger partial charge on any atom is 0.121 e. The third kappa shape index (κ3) is 1.93. The Bertz CT molecular complexity index is 300. The Kier molecular flexibility index (Phi) is 2.79. The molecule has 0 aromatic carbocycles. The molecule has 0 saturated carbocycles. The van der Waals surface area contributed by atoms with Gasteiger partial charge in [0.05, 0.1) is 6.10 Å². The summed E-state index contributed by atoms with van der Waals surface area (Å²) in [7, 11) is 0. The Morgan fingerprint density at radius 1 is 1.50 bits per heavy atom. The molecule has 0 amide bonds. The molecule has 1 aliphatic rings. The highest BCUT2D eigenvalue weighted by Crippen LogP contribution is 2.13. The SMILES string of the molecule is Cc1nonc1CN[C@@H]1CCO[C@@H]1C. The fourth-order valence-corrected chi connectivity index (χ4v) is 1.64. The summed E-state index contributed by atoms with van der Waals surface area (Å²) in [5.41, 5.74) is 1.73. The molecule has 2 atom stereocenters. The lowest BCUT2D eigenvalue weighted by atomic mass is 10.1. The number of aromatic nitrogens is 2. The zero-order valence-electron chi connectivity index (χ0n) is 8.49. The van der Waals surface area contributed by atoms with Gasteiger partial charge in [-0.2, -0.15) is 0 Å². The molecule has 0 spiro atoms. The minimum Gasteiger partial charge on any atom is -0.377 e. The molecule has 5 nitrogen and oxygen atoms in total. The quantitative estimate of drug-likeness (QED) is 0.770. The molecule has 0 unspecified atom stereocenters. The van der Waals surface area contributed by atoms with Gasteiger partial charge in [0.15, 0.2) is 0 Å². The zero-order chi connectivity index (χ0) is 9.97. The van der Waals surface area contributed by atoms with Gasteiger partial charge < -0.3 is 10.1 Å². The van der Waals surface area contributed by atoms with Crippen molar-refractivity contribution in [3.8, 4) is 0 Å². The van der Waals surface area contributed by atoms with Crippen LogP contribution >= 0.6 is 0 Å². The van der Waals surface area contributed by atoms with Gasteiger partial charge in [-0.15, -0.1) is 0 Å². The number of nitrogens with one attached hydrogen (secondary N) is 1. The van der Waals surface area contributed by atoms with Gasteiger partial charge in [0.2, 0.25) is 0 Å². The van der Waals surface area contributed by atoms with Crippen LogP contribution in [0.1, 0.15) is 24.7 Å². The molecular formula is C9H15N3O2. The average Bonchev–Trinajstić information content (AvgIpc) is 2.72. The van der Waals surface area contributed by atoms with Crippen LogP contribution in [0.15, 0.2) is 4.63 Å². The Hall–Kier alpha value is -0.940. The third-order valence-electron chi connectivity index (χ3n) is 2.65. The number of hydrogen-bond donors (Lipinski definition) is 1. The summed E-state index contributed by atoms with van der Waals surface area (Å²) in [4.78, 5) is 0. The second kappa shape index (κ2) is 4.06. The summed E-state index contributed by atoms with van der Waals surface area (Å²) in [6, 6.07) is 0.422. The molecule has 1 saturated heterocycles. The Labute approximate surface area is 82.8 Å². The van der Waals surface area contributed by atoms with Crippen LogP contribution in [0.2, 0.25) is 0 Å². The minimum atomic E-state index is 0.287. The molecule has 1 N–H and O–H groups in total. The fraction of sp³-hybridized carbons (Fsp3) is 0.778. The molecule has 1 aliphatic heterocycles. The van der Waals surface area contributed by atoms with E-state index in [0.29, 0.717) is 12.6 Å². The van der Waals surface area contributed by atoms with Gasteiger partial charge in [0.25, 0.3) is 0 Å². The molecule has 1 aromatic rings. The van der Waals surface area contributed by atoms with Gasteiger partial charge in [-0.3, -0.25) is 0 Å². The molecule has 14 heavy (non-hydrogen) atoms. The van der Waals surface area contributed by atoms with Crippen LogP contribution in [0.4, 0.5) is 0 Å². The molecule has 0 radical (unpaired) electrons. The maximum atomic E-state index is 5.44. The second-order valence-electron chi connectivity index (χ2n) is 3.65. The molecule has 1 fully saturated rings. The van der Waals surface area contributed by atoms with Gasteiger partial charge in [0, 0.05) is 19.2 Å². The highest BCUT2D eigenvalue weighted by Gasteiger charge is 2.23. The van der Waals surface area contributed by atoms with Crippen molar-refractivity contribution in [3.63, 3.8) is 0 Å². The van der Waals surface area contributed by atoms with Crippen molar-refractivity contribution in [3.05, 3.63) is 11.4 Å². The zero-order valence-corrected chi connectivity index (χ0v) is 8.49. The first-order valence-corrected chi connectivity index (χ1v) is 4.90. The summed E-state index contributed by atoms with van der Waals surface area (Å²) in [5, 5.41) is 10.9. The van der Waals surface area contributed by atoms with Crippen LogP contribution in [0, 0.1) is 6.92 Å². The van der Waals surface area contributed by atoms with Crippen molar-refractivity contribution < 1.29 is 9.37 Å². The Morgan fingerprint density at radius 2 is 2.36 bits per heavy atom. The van der Waals surface area contributed by atoms with E-state index >= 15 is 0 Å². The number of aryl methyl sites for hydroxylation is 1. The smallest absolute Gasteiger partial charge is 0.121 e. The molecule has 0 bridgehead atoms. The summed E-state index contributed by atoms with van der Waals surface area (Å²) in [6.45, 7) is 5.52. The van der Waals surface area contributed by atoms with Crippen molar-refractivity contribution in [2.75, 3.05) is 6.61 Å². The van der Waals surface area contributed by atoms with Crippen molar-refractivity contribution in [2.24, 2.45) is 0 Å². The predicted molar refractivity (Wildman–Crippen MR) is 49.7 cm³/mol. The van der Waals surface area contributed by atoms with Crippen molar-refractivity contribution in [1.82, 2.24) is 15.6 Å². The van der Waals surface area contributed by atoms with Crippen molar-refractivity contribution >= 4 is 0 Å². The molecule has 1 aromatic heterocycles. The fourth-order valence-electron chi connectivity index (χ4n) is 1.64. The number of hydrogen-bond acceptors (Lipinski definition) is 5. The van der Waals surface area contributed by atoms with Crippen LogP contribution in [-0.4, -0.2) is 29.1 Å². The van der Waals surface area contributed by atoms with Crippen LogP contribution in [0.25, 0.3) is 0 Å². The van der Waals surface area contributed by atoms with Gasteiger partial charge in [0.1, 0.15) is 11.4 Å². The first-order valence-electron chi connectivity index (χ1n) is 4.90. The molecular weight excluding hydrogens is 182 g/mol. The van der Waals surface area contributed by atoms with E-state index in [2.05, 4.69) is 27.2 Å². The van der Waals surface area contributed by atoms with Gasteiger partial charge in [-0.05, 0) is 20.3 Å². The Balaban J connectivity index is 1.85. The first kappa shape index (κ1) is 9.61. The van der Waals surface area contributed by atoms with E-state index in [1.807, 2.05) is 6.92 Å². The predicted octanol–water partition coefficient (Wildman–Crippen LogP) is 0.645. The van der Waals surface area contributed by atoms with Crippen molar-refractivity contribution in [1.29, 1.82) is 0 Å². The first-order chi connectivity index (χ1) is 6.77. The summed E-state index contributed by atoms with van der Waals surface area (Å²) >= 11 is 0. The largest absolute Gasteiger partial charge is 0.377 e. The summed E-state index contributed by atoms with van der Waals surface area (Å²) in [6.07, 6.45) is 1.35. The van der Waals surface area contributed by atoms with Gasteiger partial charge in [-0.1, -0.05) is 10.3 Å². The average molecular weight is 197 g/mol. The van der Waals surface area contributed by atoms with Crippen LogP contribution in [-0.2, 0) is 11.3 Å². The topological polar surface area (TPSA) is 60.2 Å². The normalized spacial score (nSPS) is 27.0. The van der Waals surface area contributed by atoms with Crippen LogP contribution in [0.5, 0.6) is 0 Å². The van der Waals surface area contributed by atoms with Crippen LogP contribution in [0.3, 0.4) is 0 Å². The van der Waals surface area contributed by atoms with E-state index in [-0.39, 0.29) is 6.10 Å². The lowest BCUT2D eigenvalue weighted by Crippen LogP contribution is -2.34. The van der Waals surface area contributed by atoms with E-state index in [4.69, 9.17) is 4.74 Å². The number of ether oxygens (including phenoxy) is 1. The number of nitrogens with zero attached hydrogens (tertiary/aromatic N) is 2. The standard InChI is InChI=1S/C9H15N3O2/c1-6-9(12-14-11-6)5-10-8-3-4-13-7(8)2/h7-8,10H,3-5H2,1-2H3/t7-,8-/m1/s1. The highest BCUT2D eigenvalue weighted by atomic mass is 16.6. The monoisotopic (exact) mass is 197 g/mol. The lowest BCUT2D eigenvalue weighted by Gasteiger charge is -2.14. The van der Waals surface area contributed by atoms with E-state index in [1.165, 1.54) is 0 Å². The molecule has 2 heterocycles. The van der Waals surface area contributed by atoms with Crippen LogP contribution < -0.4 is 5.32 Å². The molecule has 2 rings (SSSR count). The lowest BCUT2D eigenvalue weighted by molar-refractivity contribution is 0.113. The van der Waals surface area contributed by atoms with Gasteiger partial charge >= 0.3 is 0 Å². The molecule has 78 valence electrons. The second-order valence-corrected chi connectivity index (χ2v) is 3.65. The highest BCUT2D eigenvalue weighted by molar-refractivity contribution is 5.04. The van der Waals surface area contributed by atoms with E-state index in [1.54, 1.807) is 0 Å². The number of rotatable bonds is 3. The van der Waals surface area contributed by atoms with E-state index in [9.17, 15) is 0 Å².